The summed E-state index contributed by atoms with van der Waals surface area (Å²) in [5.74, 6) is -0.0441. The number of rotatable bonds is 7. The Morgan fingerprint density at radius 1 is 1.11 bits per heavy atom. The Balaban J connectivity index is 1.40. The SMILES string of the molecule is Cn1c(=O)n(C2CCC(=O)NC2=O)c2cccc(N3CCNCC3CC3CCC(OCCN)CC3)c21. The number of hydrogen-bond acceptors (Lipinski definition) is 7. The number of imide groups is 1. The number of para-hydroxylation sites is 1. The lowest BCUT2D eigenvalue weighted by molar-refractivity contribution is -0.135. The first-order chi connectivity index (χ1) is 17.5. The maximum atomic E-state index is 13.4. The lowest BCUT2D eigenvalue weighted by Gasteiger charge is -2.41. The highest BCUT2D eigenvalue weighted by Crippen LogP contribution is 2.35. The van der Waals surface area contributed by atoms with E-state index in [1.807, 2.05) is 12.1 Å². The Morgan fingerprint density at radius 2 is 1.92 bits per heavy atom. The number of aromatic nitrogens is 2. The number of carbonyl (C=O) groups excluding carboxylic acids is 2. The summed E-state index contributed by atoms with van der Waals surface area (Å²) in [5.41, 5.74) is 7.98. The number of piperidine rings is 1. The molecular weight excluding hydrogens is 460 g/mol. The third kappa shape index (κ3) is 4.81. The minimum Gasteiger partial charge on any atom is -0.377 e. The van der Waals surface area contributed by atoms with Gasteiger partial charge in [-0.1, -0.05) is 6.07 Å². The van der Waals surface area contributed by atoms with Crippen molar-refractivity contribution < 1.29 is 14.3 Å². The van der Waals surface area contributed by atoms with E-state index in [1.165, 1.54) is 0 Å². The van der Waals surface area contributed by atoms with Crippen molar-refractivity contribution in [1.29, 1.82) is 0 Å². The molecule has 2 aliphatic heterocycles. The van der Waals surface area contributed by atoms with E-state index in [-0.39, 0.29) is 18.0 Å². The Morgan fingerprint density at radius 3 is 2.67 bits per heavy atom. The molecule has 10 heteroatoms. The van der Waals surface area contributed by atoms with E-state index in [4.69, 9.17) is 10.5 Å². The van der Waals surface area contributed by atoms with Crippen molar-refractivity contribution in [3.05, 3.63) is 28.7 Å². The summed E-state index contributed by atoms with van der Waals surface area (Å²) in [5, 5.41) is 5.96. The number of benzene rings is 1. The van der Waals surface area contributed by atoms with Crippen LogP contribution in [-0.4, -0.2) is 65.9 Å². The molecule has 2 unspecified atom stereocenters. The van der Waals surface area contributed by atoms with Crippen LogP contribution in [-0.2, 0) is 21.4 Å². The number of nitrogens with two attached hydrogens (primary N) is 1. The molecule has 3 aliphatic rings. The van der Waals surface area contributed by atoms with Crippen LogP contribution in [0.5, 0.6) is 0 Å². The van der Waals surface area contributed by atoms with Crippen LogP contribution in [0.4, 0.5) is 5.69 Å². The number of amides is 2. The molecule has 1 aliphatic carbocycles. The number of nitrogens with zero attached hydrogens (tertiary/aromatic N) is 3. The number of carbonyl (C=O) groups is 2. The average molecular weight is 499 g/mol. The van der Waals surface area contributed by atoms with Gasteiger partial charge in [-0.25, -0.2) is 4.79 Å². The number of imidazole rings is 1. The van der Waals surface area contributed by atoms with Gasteiger partial charge in [-0.05, 0) is 56.6 Å². The number of nitrogens with one attached hydrogen (secondary N) is 2. The van der Waals surface area contributed by atoms with Crippen molar-refractivity contribution in [3.63, 3.8) is 0 Å². The van der Waals surface area contributed by atoms with Gasteiger partial charge in [-0.2, -0.15) is 0 Å². The third-order valence-corrected chi connectivity index (χ3v) is 8.13. The van der Waals surface area contributed by atoms with Gasteiger partial charge in [0, 0.05) is 45.7 Å². The maximum Gasteiger partial charge on any atom is 0.329 e. The number of anilines is 1. The smallest absolute Gasteiger partial charge is 0.329 e. The molecule has 2 atom stereocenters. The van der Waals surface area contributed by atoms with Crippen LogP contribution in [0, 0.1) is 5.92 Å². The van der Waals surface area contributed by atoms with E-state index in [1.54, 1.807) is 16.2 Å². The second-order valence-corrected chi connectivity index (χ2v) is 10.4. The first kappa shape index (κ1) is 25.0. The molecule has 0 spiro atoms. The summed E-state index contributed by atoms with van der Waals surface area (Å²) in [7, 11) is 1.77. The van der Waals surface area contributed by atoms with Crippen molar-refractivity contribution in [2.45, 2.75) is 63.1 Å². The quantitative estimate of drug-likeness (QED) is 0.487. The average Bonchev–Trinajstić information content (AvgIpc) is 3.14. The molecule has 0 radical (unpaired) electrons. The van der Waals surface area contributed by atoms with Crippen LogP contribution in [0.2, 0.25) is 0 Å². The highest BCUT2D eigenvalue weighted by Gasteiger charge is 2.34. The van der Waals surface area contributed by atoms with Gasteiger partial charge in [0.15, 0.2) is 0 Å². The van der Waals surface area contributed by atoms with Gasteiger partial charge in [0.2, 0.25) is 11.8 Å². The molecule has 1 aromatic heterocycles. The van der Waals surface area contributed by atoms with Crippen molar-refractivity contribution in [2.75, 3.05) is 37.7 Å². The molecule has 3 fully saturated rings. The maximum absolute atomic E-state index is 13.4. The lowest BCUT2D eigenvalue weighted by atomic mass is 9.82. The van der Waals surface area contributed by atoms with Crippen molar-refractivity contribution in [2.24, 2.45) is 18.7 Å². The van der Waals surface area contributed by atoms with Crippen LogP contribution in [0.3, 0.4) is 0 Å². The fourth-order valence-corrected chi connectivity index (χ4v) is 6.32. The predicted molar refractivity (Wildman–Crippen MR) is 138 cm³/mol. The topological polar surface area (TPSA) is 124 Å². The minimum absolute atomic E-state index is 0.227. The summed E-state index contributed by atoms with van der Waals surface area (Å²) in [6.07, 6.45) is 6.49. The predicted octanol–water partition coefficient (Wildman–Crippen LogP) is 1.02. The number of hydrogen-bond donors (Lipinski definition) is 3. The molecule has 5 rings (SSSR count). The molecule has 2 amide bonds. The highest BCUT2D eigenvalue weighted by atomic mass is 16.5. The largest absolute Gasteiger partial charge is 0.377 e. The van der Waals surface area contributed by atoms with Gasteiger partial charge in [0.25, 0.3) is 0 Å². The van der Waals surface area contributed by atoms with Crippen LogP contribution in [0.1, 0.15) is 51.0 Å². The molecule has 196 valence electrons. The van der Waals surface area contributed by atoms with Crippen molar-refractivity contribution >= 4 is 28.5 Å². The molecule has 4 N–H and O–H groups in total. The Labute approximate surface area is 211 Å². The van der Waals surface area contributed by atoms with Gasteiger partial charge < -0.3 is 20.7 Å². The lowest BCUT2D eigenvalue weighted by Crippen LogP contribution is -2.52. The number of fused-ring (bicyclic) bond motifs is 1. The van der Waals surface area contributed by atoms with E-state index >= 15 is 0 Å². The third-order valence-electron chi connectivity index (χ3n) is 8.13. The monoisotopic (exact) mass is 498 g/mol. The highest BCUT2D eigenvalue weighted by molar-refractivity contribution is 6.00. The fraction of sp³-hybridized carbons (Fsp3) is 0.654. The Bertz CT molecular complexity index is 1170. The fourth-order valence-electron chi connectivity index (χ4n) is 6.32. The van der Waals surface area contributed by atoms with Crippen molar-refractivity contribution in [1.82, 2.24) is 19.8 Å². The van der Waals surface area contributed by atoms with Gasteiger partial charge in [-0.3, -0.25) is 24.0 Å². The molecule has 3 heterocycles. The molecule has 2 aromatic rings. The van der Waals surface area contributed by atoms with Gasteiger partial charge >= 0.3 is 5.69 Å². The summed E-state index contributed by atoms with van der Waals surface area (Å²) < 4.78 is 9.10. The molecular formula is C26H38N6O4. The van der Waals surface area contributed by atoms with Crippen molar-refractivity contribution in [3.8, 4) is 0 Å². The molecule has 0 bridgehead atoms. The zero-order valence-electron chi connectivity index (χ0n) is 21.1. The second-order valence-electron chi connectivity index (χ2n) is 10.4. The van der Waals surface area contributed by atoms with E-state index in [0.717, 1.165) is 68.5 Å². The Kier molecular flexibility index (Phi) is 7.45. The number of aryl methyl sites for hydroxylation is 1. The van der Waals surface area contributed by atoms with Gasteiger partial charge in [0.1, 0.15) is 6.04 Å². The summed E-state index contributed by atoms with van der Waals surface area (Å²) in [6, 6.07) is 5.61. The molecule has 10 nitrogen and oxygen atoms in total. The summed E-state index contributed by atoms with van der Waals surface area (Å²) >= 11 is 0. The minimum atomic E-state index is -0.676. The molecule has 1 aromatic carbocycles. The normalized spacial score (nSPS) is 27.4. The molecule has 36 heavy (non-hydrogen) atoms. The van der Waals surface area contributed by atoms with Gasteiger partial charge in [-0.15, -0.1) is 0 Å². The zero-order valence-corrected chi connectivity index (χ0v) is 21.1. The standard InChI is InChI=1S/C26H38N6O4/c1-30-24-20(3-2-4-21(24)32(26(30)35)22-9-10-23(33)29-25(22)34)31-13-12-28-16-18(31)15-17-5-7-19(8-6-17)36-14-11-27/h2-4,17-19,22,28H,5-16,27H2,1H3,(H,29,33,34). The van der Waals surface area contributed by atoms with Crippen LogP contribution in [0.15, 0.2) is 23.0 Å². The van der Waals surface area contributed by atoms with Crippen LogP contribution in [0.25, 0.3) is 11.0 Å². The zero-order chi connectivity index (χ0) is 25.2. The summed E-state index contributed by atoms with van der Waals surface area (Å²) in [6.45, 7) is 3.85. The van der Waals surface area contributed by atoms with Crippen LogP contribution < -0.4 is 27.0 Å². The molecule has 2 saturated heterocycles. The van der Waals surface area contributed by atoms with E-state index in [9.17, 15) is 14.4 Å². The second kappa shape index (κ2) is 10.7. The first-order valence-corrected chi connectivity index (χ1v) is 13.3. The van der Waals surface area contributed by atoms with E-state index in [2.05, 4.69) is 21.6 Å². The van der Waals surface area contributed by atoms with E-state index < -0.39 is 11.9 Å². The van der Waals surface area contributed by atoms with E-state index in [0.29, 0.717) is 37.6 Å². The summed E-state index contributed by atoms with van der Waals surface area (Å²) in [4.78, 5) is 40.1. The number of ether oxygens (including phenoxy) is 1. The first-order valence-electron chi connectivity index (χ1n) is 13.3. The van der Waals surface area contributed by atoms with Gasteiger partial charge in [0.05, 0.1) is 29.4 Å². The van der Waals surface area contributed by atoms with Crippen LogP contribution >= 0.6 is 0 Å². The number of piperazine rings is 1. The molecule has 1 saturated carbocycles. The Hall–Kier alpha value is -2.69.